The van der Waals surface area contributed by atoms with Crippen LogP contribution in [0.1, 0.15) is 26.2 Å². The van der Waals surface area contributed by atoms with Crippen molar-refractivity contribution in [2.45, 2.75) is 26.2 Å². The molecule has 4 nitrogen and oxygen atoms in total. The first-order valence-corrected chi connectivity index (χ1v) is 5.62. The Bertz CT molecular complexity index is 326. The zero-order valence-corrected chi connectivity index (χ0v) is 9.19. The molecule has 1 aromatic rings. The van der Waals surface area contributed by atoms with Gasteiger partial charge in [-0.3, -0.25) is 0 Å². The highest BCUT2D eigenvalue weighted by Crippen LogP contribution is 2.25. The molecule has 1 aromatic heterocycles. The highest BCUT2D eigenvalue weighted by molar-refractivity contribution is 5.46. The highest BCUT2D eigenvalue weighted by Gasteiger charge is 2.22. The first-order valence-electron chi connectivity index (χ1n) is 5.62. The molecule has 4 heteroatoms. The lowest BCUT2D eigenvalue weighted by atomic mass is 10.0. The minimum Gasteiger partial charge on any atom is -0.384 e. The van der Waals surface area contributed by atoms with Gasteiger partial charge in [0.15, 0.2) is 0 Å². The number of nitrogens with zero attached hydrogens (tertiary/aromatic N) is 3. The van der Waals surface area contributed by atoms with Gasteiger partial charge in [-0.15, -0.1) is 0 Å². The summed E-state index contributed by atoms with van der Waals surface area (Å²) in [5.41, 5.74) is 5.64. The van der Waals surface area contributed by atoms with Crippen LogP contribution in [0.5, 0.6) is 0 Å². The molecule has 0 bridgehead atoms. The van der Waals surface area contributed by atoms with Crippen LogP contribution in [-0.2, 0) is 0 Å². The molecule has 2 N–H and O–H groups in total. The molecular formula is C11H18N4. The van der Waals surface area contributed by atoms with Gasteiger partial charge in [0.1, 0.15) is 18.0 Å². The van der Waals surface area contributed by atoms with Crippen molar-refractivity contribution in [1.82, 2.24) is 9.97 Å². The lowest BCUT2D eigenvalue weighted by Crippen LogP contribution is -2.21. The van der Waals surface area contributed by atoms with Crippen molar-refractivity contribution < 1.29 is 0 Å². The molecule has 0 aromatic carbocycles. The van der Waals surface area contributed by atoms with Gasteiger partial charge in [0.25, 0.3) is 0 Å². The molecule has 0 aliphatic carbocycles. The third kappa shape index (κ3) is 2.37. The maximum atomic E-state index is 5.64. The molecule has 2 rings (SSSR count). The number of hydrogen-bond donors (Lipinski definition) is 1. The van der Waals surface area contributed by atoms with Gasteiger partial charge in [-0.05, 0) is 18.8 Å². The van der Waals surface area contributed by atoms with Crippen molar-refractivity contribution in [3.05, 3.63) is 12.4 Å². The molecule has 2 heterocycles. The normalized spacial score (nSPS) is 20.9. The second-order valence-corrected chi connectivity index (χ2v) is 4.19. The number of rotatable bonds is 3. The quantitative estimate of drug-likeness (QED) is 0.817. The van der Waals surface area contributed by atoms with Crippen molar-refractivity contribution in [2.75, 3.05) is 23.7 Å². The Hall–Kier alpha value is -1.32. The van der Waals surface area contributed by atoms with E-state index < -0.39 is 0 Å². The van der Waals surface area contributed by atoms with E-state index in [0.717, 1.165) is 24.8 Å². The van der Waals surface area contributed by atoms with Crippen LogP contribution in [0.25, 0.3) is 0 Å². The second-order valence-electron chi connectivity index (χ2n) is 4.19. The molecule has 82 valence electrons. The zero-order valence-electron chi connectivity index (χ0n) is 9.19. The van der Waals surface area contributed by atoms with Crippen LogP contribution >= 0.6 is 0 Å². The third-order valence-electron chi connectivity index (χ3n) is 2.98. The molecule has 1 aliphatic rings. The highest BCUT2D eigenvalue weighted by atomic mass is 15.2. The van der Waals surface area contributed by atoms with E-state index in [1.807, 2.05) is 6.07 Å². The van der Waals surface area contributed by atoms with Gasteiger partial charge in [0, 0.05) is 19.2 Å². The van der Waals surface area contributed by atoms with E-state index in [-0.39, 0.29) is 0 Å². The van der Waals surface area contributed by atoms with Gasteiger partial charge in [0.05, 0.1) is 0 Å². The first-order chi connectivity index (χ1) is 7.29. The maximum Gasteiger partial charge on any atom is 0.134 e. The van der Waals surface area contributed by atoms with Gasteiger partial charge >= 0.3 is 0 Å². The average Bonchev–Trinajstić information content (AvgIpc) is 2.67. The minimum atomic E-state index is 0.555. The smallest absolute Gasteiger partial charge is 0.134 e. The van der Waals surface area contributed by atoms with Crippen LogP contribution in [-0.4, -0.2) is 23.1 Å². The minimum absolute atomic E-state index is 0.555. The van der Waals surface area contributed by atoms with Gasteiger partial charge in [-0.2, -0.15) is 0 Å². The van der Waals surface area contributed by atoms with E-state index in [4.69, 9.17) is 5.73 Å². The summed E-state index contributed by atoms with van der Waals surface area (Å²) in [5.74, 6) is 2.35. The second kappa shape index (κ2) is 4.47. The molecule has 15 heavy (non-hydrogen) atoms. The van der Waals surface area contributed by atoms with Gasteiger partial charge in [-0.25, -0.2) is 9.97 Å². The summed E-state index contributed by atoms with van der Waals surface area (Å²) in [7, 11) is 0. The lowest BCUT2D eigenvalue weighted by molar-refractivity contribution is 0.529. The summed E-state index contributed by atoms with van der Waals surface area (Å²) >= 11 is 0. The Morgan fingerprint density at radius 3 is 3.13 bits per heavy atom. The molecule has 0 spiro atoms. The number of hydrogen-bond acceptors (Lipinski definition) is 4. The zero-order chi connectivity index (χ0) is 10.7. The maximum absolute atomic E-state index is 5.64. The number of anilines is 2. The Balaban J connectivity index is 2.01. The fraction of sp³-hybridized carbons (Fsp3) is 0.636. The molecule has 0 radical (unpaired) electrons. The molecule has 0 saturated carbocycles. The van der Waals surface area contributed by atoms with Gasteiger partial charge in [0.2, 0.25) is 0 Å². The molecule has 1 fully saturated rings. The van der Waals surface area contributed by atoms with Crippen molar-refractivity contribution in [3.63, 3.8) is 0 Å². The Morgan fingerprint density at radius 1 is 1.53 bits per heavy atom. The summed E-state index contributed by atoms with van der Waals surface area (Å²) in [6, 6.07) is 1.86. The van der Waals surface area contributed by atoms with Crippen LogP contribution in [0.3, 0.4) is 0 Å². The van der Waals surface area contributed by atoms with Gasteiger partial charge < -0.3 is 10.6 Å². The summed E-state index contributed by atoms with van der Waals surface area (Å²) < 4.78 is 0. The SMILES string of the molecule is CCCC1CCN(c2cc(N)ncn2)C1. The van der Waals surface area contributed by atoms with Crippen LogP contribution in [0.2, 0.25) is 0 Å². The summed E-state index contributed by atoms with van der Waals surface area (Å²) in [5, 5.41) is 0. The molecule has 1 saturated heterocycles. The van der Waals surface area contributed by atoms with Crippen LogP contribution in [0.15, 0.2) is 12.4 Å². The first kappa shape index (κ1) is 10.2. The fourth-order valence-electron chi connectivity index (χ4n) is 2.22. The molecule has 1 unspecified atom stereocenters. The summed E-state index contributed by atoms with van der Waals surface area (Å²) in [6.07, 6.45) is 5.40. The largest absolute Gasteiger partial charge is 0.384 e. The fourth-order valence-corrected chi connectivity index (χ4v) is 2.22. The van der Waals surface area contributed by atoms with E-state index in [1.165, 1.54) is 25.6 Å². The number of nitrogen functional groups attached to an aromatic ring is 1. The Morgan fingerprint density at radius 2 is 2.40 bits per heavy atom. The monoisotopic (exact) mass is 206 g/mol. The topological polar surface area (TPSA) is 55.0 Å². The van der Waals surface area contributed by atoms with E-state index in [0.29, 0.717) is 5.82 Å². The van der Waals surface area contributed by atoms with E-state index in [1.54, 1.807) is 0 Å². The summed E-state index contributed by atoms with van der Waals surface area (Å²) in [6.45, 7) is 4.46. The molecular weight excluding hydrogens is 188 g/mol. The van der Waals surface area contributed by atoms with E-state index in [9.17, 15) is 0 Å². The Labute approximate surface area is 90.5 Å². The summed E-state index contributed by atoms with van der Waals surface area (Å²) in [4.78, 5) is 10.5. The van der Waals surface area contributed by atoms with E-state index >= 15 is 0 Å². The van der Waals surface area contributed by atoms with Crippen LogP contribution < -0.4 is 10.6 Å². The Kier molecular flexibility index (Phi) is 3.04. The molecule has 1 aliphatic heterocycles. The van der Waals surface area contributed by atoms with Crippen molar-refractivity contribution in [2.24, 2.45) is 5.92 Å². The number of nitrogens with two attached hydrogens (primary N) is 1. The standard InChI is InChI=1S/C11H18N4/c1-2-3-9-4-5-15(7-9)11-6-10(12)13-8-14-11/h6,8-9H,2-5,7H2,1H3,(H2,12,13,14). The van der Waals surface area contributed by atoms with Crippen molar-refractivity contribution in [3.8, 4) is 0 Å². The lowest BCUT2D eigenvalue weighted by Gasteiger charge is -2.17. The predicted molar refractivity (Wildman–Crippen MR) is 61.7 cm³/mol. The van der Waals surface area contributed by atoms with Gasteiger partial charge in [-0.1, -0.05) is 13.3 Å². The predicted octanol–water partition coefficient (Wildman–Crippen LogP) is 1.69. The molecule has 1 atom stereocenters. The average molecular weight is 206 g/mol. The third-order valence-corrected chi connectivity index (χ3v) is 2.98. The van der Waals surface area contributed by atoms with Crippen molar-refractivity contribution in [1.29, 1.82) is 0 Å². The van der Waals surface area contributed by atoms with E-state index in [2.05, 4.69) is 21.8 Å². The molecule has 0 amide bonds. The number of aromatic nitrogens is 2. The van der Waals surface area contributed by atoms with Crippen LogP contribution in [0, 0.1) is 5.92 Å². The van der Waals surface area contributed by atoms with Crippen molar-refractivity contribution >= 4 is 11.6 Å². The van der Waals surface area contributed by atoms with Crippen LogP contribution in [0.4, 0.5) is 11.6 Å².